The first-order chi connectivity index (χ1) is 19.9. The van der Waals surface area contributed by atoms with Crippen LogP contribution in [0.15, 0.2) is 90.0 Å². The maximum atomic E-state index is 13.3. The molecular formula is C31H23Cl2N3O5. The zero-order valence-corrected chi connectivity index (χ0v) is 23.4. The SMILES string of the molecule is COc1cc(C=NNC(=O)c2[nH]c3c(OC)cccc3c2-c2ccccc2Cl)ccc1OC(=O)c1ccccc1Cl. The highest BCUT2D eigenvalue weighted by Gasteiger charge is 2.22. The fraction of sp³-hybridized carbons (Fsp3) is 0.0645. The number of fused-ring (bicyclic) bond motifs is 1. The van der Waals surface area contributed by atoms with E-state index in [1.54, 1.807) is 61.7 Å². The molecule has 0 saturated carbocycles. The van der Waals surface area contributed by atoms with Crippen LogP contribution in [-0.4, -0.2) is 37.3 Å². The number of amides is 1. The summed E-state index contributed by atoms with van der Waals surface area (Å²) >= 11 is 12.6. The number of nitrogens with zero attached hydrogens (tertiary/aromatic N) is 1. The average Bonchev–Trinajstić information content (AvgIpc) is 3.38. The molecule has 1 aromatic heterocycles. The van der Waals surface area contributed by atoms with E-state index in [4.69, 9.17) is 37.4 Å². The number of halogens is 2. The maximum Gasteiger partial charge on any atom is 0.345 e. The number of aromatic amines is 1. The lowest BCUT2D eigenvalue weighted by molar-refractivity contribution is 0.0729. The molecular weight excluding hydrogens is 565 g/mol. The molecule has 10 heteroatoms. The molecule has 0 aliphatic rings. The Labute approximate surface area is 245 Å². The molecule has 1 amide bonds. The summed E-state index contributed by atoms with van der Waals surface area (Å²) in [6.45, 7) is 0. The van der Waals surface area contributed by atoms with Gasteiger partial charge >= 0.3 is 5.97 Å². The predicted octanol–water partition coefficient (Wildman–Crippen LogP) is 7.14. The third-order valence-corrected chi connectivity index (χ3v) is 6.91. The molecule has 0 unspecified atom stereocenters. The number of nitrogens with one attached hydrogen (secondary N) is 2. The molecule has 0 radical (unpaired) electrons. The van der Waals surface area contributed by atoms with Gasteiger partial charge in [0.15, 0.2) is 11.5 Å². The fourth-order valence-corrected chi connectivity index (χ4v) is 4.77. The second kappa shape index (κ2) is 12.2. The summed E-state index contributed by atoms with van der Waals surface area (Å²) in [4.78, 5) is 29.1. The molecule has 0 saturated heterocycles. The Bertz CT molecular complexity index is 1800. The molecule has 5 rings (SSSR count). The lowest BCUT2D eigenvalue weighted by atomic mass is 10.0. The molecule has 8 nitrogen and oxygen atoms in total. The largest absolute Gasteiger partial charge is 0.495 e. The number of hydrazone groups is 1. The van der Waals surface area contributed by atoms with Gasteiger partial charge in [0.1, 0.15) is 11.4 Å². The molecule has 4 aromatic carbocycles. The van der Waals surface area contributed by atoms with E-state index >= 15 is 0 Å². The Hall–Kier alpha value is -4.79. The van der Waals surface area contributed by atoms with Crippen molar-refractivity contribution in [3.05, 3.63) is 112 Å². The number of esters is 1. The van der Waals surface area contributed by atoms with E-state index < -0.39 is 11.9 Å². The molecule has 1 heterocycles. The summed E-state index contributed by atoms with van der Waals surface area (Å²) in [7, 11) is 3.01. The van der Waals surface area contributed by atoms with Crippen LogP contribution in [0.5, 0.6) is 17.2 Å². The van der Waals surface area contributed by atoms with Crippen LogP contribution in [-0.2, 0) is 0 Å². The Morgan fingerprint density at radius 2 is 1.56 bits per heavy atom. The minimum atomic E-state index is -0.619. The smallest absolute Gasteiger partial charge is 0.345 e. The van der Waals surface area contributed by atoms with E-state index in [9.17, 15) is 9.59 Å². The van der Waals surface area contributed by atoms with Crippen LogP contribution >= 0.6 is 23.2 Å². The highest BCUT2D eigenvalue weighted by Crippen LogP contribution is 2.39. The number of carbonyl (C=O) groups excluding carboxylic acids is 2. The third kappa shape index (κ3) is 5.75. The highest BCUT2D eigenvalue weighted by molar-refractivity contribution is 6.34. The summed E-state index contributed by atoms with van der Waals surface area (Å²) in [6, 6.07) is 24.3. The first kappa shape index (κ1) is 27.8. The molecule has 0 aliphatic carbocycles. The number of H-pyrrole nitrogens is 1. The van der Waals surface area contributed by atoms with Crippen LogP contribution < -0.4 is 19.6 Å². The molecule has 0 atom stereocenters. The number of aromatic nitrogens is 1. The van der Waals surface area contributed by atoms with Crippen molar-refractivity contribution in [2.45, 2.75) is 0 Å². The van der Waals surface area contributed by atoms with Crippen molar-refractivity contribution in [2.24, 2.45) is 5.10 Å². The van der Waals surface area contributed by atoms with Crippen molar-refractivity contribution in [1.29, 1.82) is 0 Å². The molecule has 0 spiro atoms. The van der Waals surface area contributed by atoms with Crippen molar-refractivity contribution >= 4 is 52.2 Å². The van der Waals surface area contributed by atoms with Gasteiger partial charge in [-0.3, -0.25) is 4.79 Å². The summed E-state index contributed by atoms with van der Waals surface area (Å²) in [5.41, 5.74) is 5.63. The van der Waals surface area contributed by atoms with Crippen LogP contribution in [0.3, 0.4) is 0 Å². The number of methoxy groups -OCH3 is 2. The number of hydrogen-bond acceptors (Lipinski definition) is 6. The van der Waals surface area contributed by atoms with E-state index in [1.807, 2.05) is 30.3 Å². The van der Waals surface area contributed by atoms with Crippen molar-refractivity contribution in [3.8, 4) is 28.4 Å². The van der Waals surface area contributed by atoms with Gasteiger partial charge in [0.2, 0.25) is 0 Å². The van der Waals surface area contributed by atoms with Gasteiger partial charge in [-0.1, -0.05) is 65.7 Å². The zero-order chi connectivity index (χ0) is 28.9. The molecule has 0 fully saturated rings. The maximum absolute atomic E-state index is 13.3. The molecule has 0 aliphatic heterocycles. The van der Waals surface area contributed by atoms with Gasteiger partial charge in [-0.25, -0.2) is 10.2 Å². The quantitative estimate of drug-likeness (QED) is 0.0869. The number of benzene rings is 4. The minimum Gasteiger partial charge on any atom is -0.495 e. The van der Waals surface area contributed by atoms with E-state index in [1.165, 1.54) is 13.3 Å². The molecule has 0 bridgehead atoms. The number of ether oxygens (including phenoxy) is 3. The van der Waals surface area contributed by atoms with Crippen LogP contribution in [0.25, 0.3) is 22.0 Å². The minimum absolute atomic E-state index is 0.204. The topological polar surface area (TPSA) is 102 Å². The van der Waals surface area contributed by atoms with Crippen LogP contribution in [0, 0.1) is 0 Å². The van der Waals surface area contributed by atoms with Gasteiger partial charge in [-0.2, -0.15) is 5.10 Å². The van der Waals surface area contributed by atoms with E-state index in [-0.39, 0.29) is 22.0 Å². The van der Waals surface area contributed by atoms with Crippen LogP contribution in [0.1, 0.15) is 26.4 Å². The first-order valence-electron chi connectivity index (χ1n) is 12.3. The van der Waals surface area contributed by atoms with E-state index in [2.05, 4.69) is 15.5 Å². The van der Waals surface area contributed by atoms with E-state index in [0.717, 1.165) is 5.39 Å². The number of hydrogen-bond donors (Lipinski definition) is 2. The van der Waals surface area contributed by atoms with Gasteiger partial charge in [0.05, 0.1) is 36.5 Å². The Balaban J connectivity index is 1.39. The summed E-state index contributed by atoms with van der Waals surface area (Å²) in [6.07, 6.45) is 1.44. The summed E-state index contributed by atoms with van der Waals surface area (Å²) < 4.78 is 16.4. The van der Waals surface area contributed by atoms with Crippen molar-refractivity contribution in [3.63, 3.8) is 0 Å². The zero-order valence-electron chi connectivity index (χ0n) is 21.9. The standard InChI is InChI=1S/C31H23Cl2N3O5/c1-39-25-13-7-10-21-27(19-8-3-5-11-22(19)32)29(35-28(21)25)30(37)36-34-17-18-14-15-24(26(16-18)40-2)41-31(38)20-9-4-6-12-23(20)33/h3-17,35H,1-2H3,(H,36,37). The lowest BCUT2D eigenvalue weighted by Gasteiger charge is -2.10. The monoisotopic (exact) mass is 587 g/mol. The molecule has 2 N–H and O–H groups in total. The molecule has 41 heavy (non-hydrogen) atoms. The van der Waals surface area contributed by atoms with Gasteiger partial charge < -0.3 is 19.2 Å². The molecule has 206 valence electrons. The fourth-order valence-electron chi connectivity index (χ4n) is 4.33. The van der Waals surface area contributed by atoms with Gasteiger partial charge in [0.25, 0.3) is 5.91 Å². The summed E-state index contributed by atoms with van der Waals surface area (Å²) in [5, 5.41) is 5.68. The number of rotatable bonds is 8. The second-order valence-corrected chi connectivity index (χ2v) is 9.53. The number of para-hydroxylation sites is 1. The van der Waals surface area contributed by atoms with Crippen LogP contribution in [0.4, 0.5) is 0 Å². The number of carbonyl (C=O) groups is 2. The Morgan fingerprint density at radius 1 is 0.829 bits per heavy atom. The van der Waals surface area contributed by atoms with Crippen LogP contribution in [0.2, 0.25) is 10.0 Å². The summed E-state index contributed by atoms with van der Waals surface area (Å²) in [5.74, 6) is -0.0151. The van der Waals surface area contributed by atoms with Gasteiger partial charge in [-0.15, -0.1) is 0 Å². The van der Waals surface area contributed by atoms with E-state index in [0.29, 0.717) is 38.7 Å². The highest BCUT2D eigenvalue weighted by atomic mass is 35.5. The molecule has 5 aromatic rings. The third-order valence-electron chi connectivity index (χ3n) is 6.25. The predicted molar refractivity (Wildman–Crippen MR) is 160 cm³/mol. The van der Waals surface area contributed by atoms with Crippen molar-refractivity contribution in [2.75, 3.05) is 14.2 Å². The second-order valence-electron chi connectivity index (χ2n) is 8.72. The Morgan fingerprint density at radius 3 is 2.29 bits per heavy atom. The normalized spacial score (nSPS) is 11.0. The lowest BCUT2D eigenvalue weighted by Crippen LogP contribution is -2.19. The average molecular weight is 588 g/mol. The van der Waals surface area contributed by atoms with Crippen molar-refractivity contribution < 1.29 is 23.8 Å². The van der Waals surface area contributed by atoms with Gasteiger partial charge in [-0.05, 0) is 48.0 Å². The van der Waals surface area contributed by atoms with Gasteiger partial charge in [0, 0.05) is 21.5 Å². The Kier molecular flexibility index (Phi) is 8.24. The van der Waals surface area contributed by atoms with Crippen molar-refractivity contribution in [1.82, 2.24) is 10.4 Å². The first-order valence-corrected chi connectivity index (χ1v) is 13.1.